The molecule has 3 N–H and O–H groups in total. The molecule has 2 fully saturated rings. The smallest absolute Gasteiger partial charge is 0.168 e. The summed E-state index contributed by atoms with van der Waals surface area (Å²) in [5.74, 6) is 0.428. The molecule has 1 aliphatic carbocycles. The zero-order valence-electron chi connectivity index (χ0n) is 18.6. The van der Waals surface area contributed by atoms with Gasteiger partial charge in [-0.15, -0.1) is 0 Å². The molecular formula is C24H32N4O4. The van der Waals surface area contributed by atoms with Gasteiger partial charge in [-0.3, -0.25) is 19.4 Å². The predicted molar refractivity (Wildman–Crippen MR) is 123 cm³/mol. The third-order valence-electron chi connectivity index (χ3n) is 6.53. The van der Waals surface area contributed by atoms with Crippen molar-refractivity contribution < 1.29 is 19.4 Å². The molecule has 2 heterocycles. The number of aromatic amines is 1. The average molecular weight is 441 g/mol. The molecule has 2 aromatic rings. The second kappa shape index (κ2) is 10.3. The Hall–Kier alpha value is -2.68. The molecule has 1 aromatic heterocycles. The summed E-state index contributed by atoms with van der Waals surface area (Å²) in [6.07, 6.45) is 4.18. The minimum atomic E-state index is -0.122. The highest BCUT2D eigenvalue weighted by Crippen LogP contribution is 2.36. The number of β-amino-alcohol motifs (C(OH)–C–C–N with tert-alkyl or cyclic N) is 1. The van der Waals surface area contributed by atoms with Crippen molar-refractivity contribution in [2.45, 2.75) is 18.8 Å². The van der Waals surface area contributed by atoms with E-state index in [1.54, 1.807) is 13.3 Å². The molecule has 32 heavy (non-hydrogen) atoms. The van der Waals surface area contributed by atoms with Gasteiger partial charge in [-0.1, -0.05) is 0 Å². The highest BCUT2D eigenvalue weighted by molar-refractivity contribution is 6.22. The zero-order valence-corrected chi connectivity index (χ0v) is 18.6. The summed E-state index contributed by atoms with van der Waals surface area (Å²) < 4.78 is 5.33. The molecule has 8 heteroatoms. The number of nitrogens with zero attached hydrogens (tertiary/aromatic N) is 2. The lowest BCUT2D eigenvalue weighted by Crippen LogP contribution is -2.48. The number of methoxy groups -OCH3 is 1. The van der Waals surface area contributed by atoms with E-state index in [4.69, 9.17) is 9.84 Å². The number of aliphatic hydroxyl groups excluding tert-OH is 1. The summed E-state index contributed by atoms with van der Waals surface area (Å²) in [4.78, 5) is 33.4. The molecule has 172 valence electrons. The van der Waals surface area contributed by atoms with Crippen LogP contribution in [0.4, 0.5) is 0 Å². The van der Waals surface area contributed by atoms with E-state index in [0.29, 0.717) is 19.4 Å². The zero-order chi connectivity index (χ0) is 22.5. The van der Waals surface area contributed by atoms with Gasteiger partial charge in [-0.25, -0.2) is 0 Å². The number of allylic oxidation sites excluding steroid dienone is 1. The molecule has 1 aliphatic heterocycles. The van der Waals surface area contributed by atoms with Crippen LogP contribution in [0.5, 0.6) is 5.75 Å². The van der Waals surface area contributed by atoms with Crippen molar-refractivity contribution >= 4 is 22.5 Å². The Morgan fingerprint density at radius 1 is 1.12 bits per heavy atom. The van der Waals surface area contributed by atoms with Crippen LogP contribution in [-0.2, 0) is 9.59 Å². The van der Waals surface area contributed by atoms with Crippen LogP contribution in [0.2, 0.25) is 0 Å². The normalized spacial score (nSPS) is 20.7. The van der Waals surface area contributed by atoms with Gasteiger partial charge in [0.25, 0.3) is 0 Å². The predicted octanol–water partition coefficient (Wildman–Crippen LogP) is 1.28. The number of hydrogen-bond acceptors (Lipinski definition) is 7. The van der Waals surface area contributed by atoms with Gasteiger partial charge < -0.3 is 20.1 Å². The van der Waals surface area contributed by atoms with E-state index in [2.05, 4.69) is 20.1 Å². The molecule has 0 bridgehead atoms. The van der Waals surface area contributed by atoms with E-state index in [-0.39, 0.29) is 29.7 Å². The van der Waals surface area contributed by atoms with Gasteiger partial charge in [-0.2, -0.15) is 0 Å². The number of piperazine rings is 1. The number of ketones is 2. The summed E-state index contributed by atoms with van der Waals surface area (Å²) in [7, 11) is 1.63. The molecule has 4 rings (SSSR count). The molecule has 2 aliphatic rings. The third-order valence-corrected chi connectivity index (χ3v) is 6.53. The fourth-order valence-electron chi connectivity index (χ4n) is 4.64. The topological polar surface area (TPSA) is 97.9 Å². The fraction of sp³-hybridized carbons (Fsp3) is 0.500. The van der Waals surface area contributed by atoms with Gasteiger partial charge in [0.2, 0.25) is 0 Å². The number of hydrogen-bond donors (Lipinski definition) is 3. The average Bonchev–Trinajstić information content (AvgIpc) is 3.22. The van der Waals surface area contributed by atoms with Crippen LogP contribution >= 0.6 is 0 Å². The Morgan fingerprint density at radius 3 is 2.47 bits per heavy atom. The summed E-state index contributed by atoms with van der Waals surface area (Å²) in [6.45, 7) is 6.33. The molecule has 1 saturated heterocycles. The maximum Gasteiger partial charge on any atom is 0.168 e. The Morgan fingerprint density at radius 2 is 1.81 bits per heavy atom. The van der Waals surface area contributed by atoms with E-state index in [1.165, 1.54) is 0 Å². The van der Waals surface area contributed by atoms with Crippen molar-refractivity contribution in [3.05, 3.63) is 41.7 Å². The van der Waals surface area contributed by atoms with Crippen LogP contribution in [0.3, 0.4) is 0 Å². The van der Waals surface area contributed by atoms with Gasteiger partial charge in [0, 0.05) is 87.9 Å². The van der Waals surface area contributed by atoms with Crippen molar-refractivity contribution in [2.75, 3.05) is 59.5 Å². The van der Waals surface area contributed by atoms with Gasteiger partial charge in [0.05, 0.1) is 19.3 Å². The van der Waals surface area contributed by atoms with E-state index in [1.807, 2.05) is 24.4 Å². The number of benzene rings is 1. The number of H-pyrrole nitrogens is 1. The molecule has 0 spiro atoms. The van der Waals surface area contributed by atoms with E-state index in [9.17, 15) is 9.59 Å². The molecule has 1 saturated carbocycles. The Labute approximate surface area is 188 Å². The number of carbonyl (C=O) groups is 2. The first kappa shape index (κ1) is 22.5. The van der Waals surface area contributed by atoms with Crippen LogP contribution in [0, 0.1) is 0 Å². The Balaban J connectivity index is 1.31. The summed E-state index contributed by atoms with van der Waals surface area (Å²) in [6, 6.07) is 5.79. The van der Waals surface area contributed by atoms with Crippen molar-refractivity contribution in [3.63, 3.8) is 0 Å². The van der Waals surface area contributed by atoms with E-state index < -0.39 is 0 Å². The van der Waals surface area contributed by atoms with E-state index >= 15 is 0 Å². The van der Waals surface area contributed by atoms with Gasteiger partial charge in [-0.05, 0) is 23.8 Å². The van der Waals surface area contributed by atoms with Crippen molar-refractivity contribution in [3.8, 4) is 5.75 Å². The molecule has 0 atom stereocenters. The monoisotopic (exact) mass is 440 g/mol. The summed E-state index contributed by atoms with van der Waals surface area (Å²) in [5, 5.41) is 13.2. The lowest BCUT2D eigenvalue weighted by molar-refractivity contribution is -0.124. The van der Waals surface area contributed by atoms with Crippen LogP contribution in [0.25, 0.3) is 10.9 Å². The van der Waals surface area contributed by atoms with Gasteiger partial charge >= 0.3 is 0 Å². The maximum absolute atomic E-state index is 12.8. The van der Waals surface area contributed by atoms with Crippen LogP contribution in [-0.4, -0.2) is 91.0 Å². The second-order valence-corrected chi connectivity index (χ2v) is 8.53. The molecular weight excluding hydrogens is 408 g/mol. The highest BCUT2D eigenvalue weighted by Gasteiger charge is 2.32. The highest BCUT2D eigenvalue weighted by atomic mass is 16.5. The second-order valence-electron chi connectivity index (χ2n) is 8.53. The van der Waals surface area contributed by atoms with Crippen molar-refractivity contribution in [1.29, 1.82) is 0 Å². The summed E-state index contributed by atoms with van der Waals surface area (Å²) in [5.41, 5.74) is 2.25. The summed E-state index contributed by atoms with van der Waals surface area (Å²) >= 11 is 0. The van der Waals surface area contributed by atoms with Crippen molar-refractivity contribution in [2.24, 2.45) is 0 Å². The molecule has 8 nitrogen and oxygen atoms in total. The number of carbonyl (C=O) groups excluding carboxylic acids is 2. The van der Waals surface area contributed by atoms with Crippen LogP contribution < -0.4 is 10.1 Å². The van der Waals surface area contributed by atoms with E-state index in [0.717, 1.165) is 61.5 Å². The number of ether oxygens (including phenoxy) is 1. The lowest BCUT2D eigenvalue weighted by atomic mass is 9.80. The first-order valence-corrected chi connectivity index (χ1v) is 11.3. The quantitative estimate of drug-likeness (QED) is 0.323. The van der Waals surface area contributed by atoms with Crippen LogP contribution in [0.1, 0.15) is 24.3 Å². The largest absolute Gasteiger partial charge is 0.497 e. The maximum atomic E-state index is 12.8. The van der Waals surface area contributed by atoms with Gasteiger partial charge in [0.15, 0.2) is 11.6 Å². The minimum Gasteiger partial charge on any atom is -0.497 e. The number of Topliss-reactive ketones (excluding diaryl/α,β-unsaturated/α-hetero) is 2. The molecule has 0 unspecified atom stereocenters. The third kappa shape index (κ3) is 5.03. The van der Waals surface area contributed by atoms with Gasteiger partial charge in [0.1, 0.15) is 5.75 Å². The number of aliphatic hydroxyl groups is 1. The van der Waals surface area contributed by atoms with Crippen molar-refractivity contribution in [1.82, 2.24) is 20.1 Å². The number of aromatic nitrogens is 1. The molecule has 0 radical (unpaired) electrons. The Bertz CT molecular complexity index is 971. The standard InChI is InChI=1S/C24H32N4O4/c1-32-18-2-3-22-19(14-18)20(16-26-22)17-12-23(30)21(24(31)13-17)15-25-4-5-27-6-8-28(9-7-27)10-11-29/h2-3,14-17,25-26,29H,4-13H2,1H3. The SMILES string of the molecule is COc1ccc2[nH]cc(C3CC(=O)C(=CNCCN4CCN(CCO)CC4)C(=O)C3)c2c1. The molecule has 1 aromatic carbocycles. The number of rotatable bonds is 8. The first-order valence-electron chi connectivity index (χ1n) is 11.3. The lowest BCUT2D eigenvalue weighted by Gasteiger charge is -2.34. The number of nitrogens with one attached hydrogen (secondary N) is 2. The molecule has 0 amide bonds. The first-order chi connectivity index (χ1) is 15.6. The number of fused-ring (bicyclic) bond motifs is 1. The fourth-order valence-corrected chi connectivity index (χ4v) is 4.64. The minimum absolute atomic E-state index is 0.103. The Kier molecular flexibility index (Phi) is 7.24. The van der Waals surface area contributed by atoms with Crippen LogP contribution in [0.15, 0.2) is 36.2 Å².